The maximum Gasteiger partial charge on any atom is 0.351 e. The monoisotopic (exact) mass is 547 g/mol. The molecule has 0 radical (unpaired) electrons. The highest BCUT2D eigenvalue weighted by Gasteiger charge is 2.30. The Kier molecular flexibility index (Phi) is 6.93. The van der Waals surface area contributed by atoms with E-state index in [0.717, 1.165) is 0 Å². The van der Waals surface area contributed by atoms with Crippen molar-refractivity contribution < 1.29 is 23.8 Å². The van der Waals surface area contributed by atoms with Crippen LogP contribution in [0.1, 0.15) is 26.9 Å². The predicted octanol–water partition coefficient (Wildman–Crippen LogP) is 2.83. The Balaban J connectivity index is 1.38. The second-order valence-corrected chi connectivity index (χ2v) is 7.93. The number of benzene rings is 2. The van der Waals surface area contributed by atoms with E-state index >= 15 is 0 Å². The zero-order valence-corrected chi connectivity index (χ0v) is 18.8. The van der Waals surface area contributed by atoms with Crippen molar-refractivity contribution in [3.05, 3.63) is 92.0 Å². The van der Waals surface area contributed by atoms with E-state index in [1.807, 2.05) is 22.6 Å². The smallest absolute Gasteiger partial charge is 0.351 e. The molecule has 2 aromatic carbocycles. The lowest BCUT2D eigenvalue weighted by atomic mass is 10.2. The molecule has 2 atom stereocenters. The molecule has 1 aliphatic heterocycles. The average Bonchev–Trinajstić information content (AvgIpc) is 3.29. The number of amides is 1. The largest absolute Gasteiger partial charge is 0.457 e. The highest BCUT2D eigenvalue weighted by Crippen LogP contribution is 2.22. The first-order valence-corrected chi connectivity index (χ1v) is 10.7. The normalized spacial score (nSPS) is 17.7. The van der Waals surface area contributed by atoms with Crippen LogP contribution in [0.4, 0.5) is 5.82 Å². The Morgan fingerprint density at radius 1 is 1.09 bits per heavy atom. The van der Waals surface area contributed by atoms with Gasteiger partial charge in [-0.25, -0.2) is 9.59 Å². The molecule has 9 nitrogen and oxygen atoms in total. The van der Waals surface area contributed by atoms with Crippen LogP contribution in [0.5, 0.6) is 0 Å². The summed E-state index contributed by atoms with van der Waals surface area (Å²) in [6, 6.07) is 17.2. The van der Waals surface area contributed by atoms with E-state index in [2.05, 4.69) is 10.3 Å². The van der Waals surface area contributed by atoms with Gasteiger partial charge < -0.3 is 19.5 Å². The molecule has 10 heteroatoms. The van der Waals surface area contributed by atoms with Gasteiger partial charge in [-0.15, -0.1) is 0 Å². The topological polar surface area (TPSA) is 109 Å². The molecular formula is C22H18IN3O6. The Hall–Kier alpha value is -3.09. The molecule has 1 saturated heterocycles. The number of rotatable bonds is 6. The van der Waals surface area contributed by atoms with Crippen LogP contribution in [0.2, 0.25) is 0 Å². The van der Waals surface area contributed by atoms with Gasteiger partial charge in [-0.3, -0.25) is 9.36 Å². The van der Waals surface area contributed by atoms with E-state index in [9.17, 15) is 14.4 Å². The maximum atomic E-state index is 12.5. The van der Waals surface area contributed by atoms with Crippen LogP contribution in [-0.4, -0.2) is 40.9 Å². The lowest BCUT2D eigenvalue weighted by molar-refractivity contribution is -0.103. The van der Waals surface area contributed by atoms with Crippen molar-refractivity contribution in [2.45, 2.75) is 12.5 Å². The standard InChI is InChI=1S/C22H18IN3O6/c23-16-11-26(22(29)25-19(16)24-20(27)14-7-3-1-4-8-14)17-12-30-18(32-17)13-31-21(28)15-9-5-2-6-10-15/h1-11,17-18H,12-13H2,(H,24,25,27,29)/t17-,18-/m0/s1. The number of anilines is 1. The minimum absolute atomic E-state index is 0.0843. The fourth-order valence-corrected chi connectivity index (χ4v) is 3.54. The molecule has 1 amide bonds. The summed E-state index contributed by atoms with van der Waals surface area (Å²) >= 11 is 1.98. The number of hydrogen-bond donors (Lipinski definition) is 1. The summed E-state index contributed by atoms with van der Waals surface area (Å²) in [5.41, 5.74) is 0.268. The van der Waals surface area contributed by atoms with E-state index in [1.165, 1.54) is 10.8 Å². The summed E-state index contributed by atoms with van der Waals surface area (Å²) in [7, 11) is 0. The Bertz CT molecular complexity index is 1170. The maximum absolute atomic E-state index is 12.5. The SMILES string of the molecule is O=C(Nc1nc(=O)n([C@@H]2CO[C@H](COC(=O)c3ccccc3)O2)cc1I)c1ccccc1. The van der Waals surface area contributed by atoms with Crippen LogP contribution in [0.25, 0.3) is 0 Å². The number of aromatic nitrogens is 2. The van der Waals surface area contributed by atoms with E-state index in [4.69, 9.17) is 14.2 Å². The molecular weight excluding hydrogens is 529 g/mol. The van der Waals surface area contributed by atoms with Crippen LogP contribution >= 0.6 is 22.6 Å². The molecule has 0 saturated carbocycles. The molecule has 0 unspecified atom stereocenters. The van der Waals surface area contributed by atoms with Crippen molar-refractivity contribution in [2.24, 2.45) is 0 Å². The minimum Gasteiger partial charge on any atom is -0.457 e. The van der Waals surface area contributed by atoms with Crippen molar-refractivity contribution in [3.8, 4) is 0 Å². The van der Waals surface area contributed by atoms with Gasteiger partial charge in [0.1, 0.15) is 6.61 Å². The number of halogens is 1. The minimum atomic E-state index is -0.810. The van der Waals surface area contributed by atoms with Crippen molar-refractivity contribution in [3.63, 3.8) is 0 Å². The van der Waals surface area contributed by atoms with Crippen molar-refractivity contribution >= 4 is 40.3 Å². The van der Waals surface area contributed by atoms with Crippen LogP contribution in [-0.2, 0) is 14.2 Å². The summed E-state index contributed by atoms with van der Waals surface area (Å²) < 4.78 is 18.2. The van der Waals surface area contributed by atoms with Gasteiger partial charge in [0.2, 0.25) is 0 Å². The quantitative estimate of drug-likeness (QED) is 0.374. The Labute approximate surface area is 196 Å². The Morgan fingerprint density at radius 3 is 2.44 bits per heavy atom. The zero-order valence-electron chi connectivity index (χ0n) is 16.6. The molecule has 0 spiro atoms. The van der Waals surface area contributed by atoms with Crippen LogP contribution in [0.15, 0.2) is 71.7 Å². The van der Waals surface area contributed by atoms with Crippen LogP contribution in [0, 0.1) is 3.57 Å². The van der Waals surface area contributed by atoms with Gasteiger partial charge in [0.25, 0.3) is 5.91 Å². The molecule has 0 aliphatic carbocycles. The van der Waals surface area contributed by atoms with Crippen molar-refractivity contribution in [1.82, 2.24) is 9.55 Å². The van der Waals surface area contributed by atoms with Gasteiger partial charge in [-0.2, -0.15) is 4.98 Å². The predicted molar refractivity (Wildman–Crippen MR) is 122 cm³/mol. The second kappa shape index (κ2) is 10.0. The van der Waals surface area contributed by atoms with Gasteiger partial charge in [0.15, 0.2) is 18.3 Å². The highest BCUT2D eigenvalue weighted by molar-refractivity contribution is 14.1. The zero-order chi connectivity index (χ0) is 22.5. The summed E-state index contributed by atoms with van der Waals surface area (Å²) in [6.45, 7) is -0.0321. The number of hydrogen-bond acceptors (Lipinski definition) is 7. The molecule has 1 N–H and O–H groups in total. The highest BCUT2D eigenvalue weighted by atomic mass is 127. The third kappa shape index (κ3) is 5.21. The molecule has 1 aliphatic rings. The van der Waals surface area contributed by atoms with Gasteiger partial charge in [0, 0.05) is 11.8 Å². The summed E-state index contributed by atoms with van der Waals surface area (Å²) in [4.78, 5) is 40.9. The van der Waals surface area contributed by atoms with Crippen molar-refractivity contribution in [2.75, 3.05) is 18.5 Å². The van der Waals surface area contributed by atoms with Crippen molar-refractivity contribution in [1.29, 1.82) is 0 Å². The third-order valence-electron chi connectivity index (χ3n) is 4.58. The first-order valence-electron chi connectivity index (χ1n) is 9.65. The first kappa shape index (κ1) is 22.1. The fraction of sp³-hybridized carbons (Fsp3) is 0.182. The molecule has 1 aromatic heterocycles. The van der Waals surface area contributed by atoms with E-state index in [-0.39, 0.29) is 24.9 Å². The van der Waals surface area contributed by atoms with Crippen LogP contribution < -0.4 is 11.0 Å². The molecule has 32 heavy (non-hydrogen) atoms. The third-order valence-corrected chi connectivity index (χ3v) is 5.37. The van der Waals surface area contributed by atoms with Gasteiger partial charge >= 0.3 is 11.7 Å². The number of nitrogens with one attached hydrogen (secondary N) is 1. The lowest BCUT2D eigenvalue weighted by Gasteiger charge is -2.15. The molecule has 0 bridgehead atoms. The summed E-state index contributed by atoms with van der Waals surface area (Å²) in [5, 5.41) is 2.64. The fourth-order valence-electron chi connectivity index (χ4n) is 2.99. The number of nitrogens with zero attached hydrogens (tertiary/aromatic N) is 2. The van der Waals surface area contributed by atoms with Gasteiger partial charge in [-0.05, 0) is 46.9 Å². The Morgan fingerprint density at radius 2 is 1.75 bits per heavy atom. The number of ether oxygens (including phenoxy) is 3. The molecule has 164 valence electrons. The van der Waals surface area contributed by atoms with Gasteiger partial charge in [-0.1, -0.05) is 36.4 Å². The summed E-state index contributed by atoms with van der Waals surface area (Å²) in [5.74, 6) is -0.699. The average molecular weight is 547 g/mol. The number of carbonyl (C=O) groups is 2. The first-order chi connectivity index (χ1) is 15.5. The molecule has 2 heterocycles. The van der Waals surface area contributed by atoms with E-state index in [1.54, 1.807) is 60.7 Å². The van der Waals surface area contributed by atoms with Gasteiger partial charge in [0.05, 0.1) is 15.7 Å². The number of carbonyl (C=O) groups excluding carboxylic acids is 2. The van der Waals surface area contributed by atoms with E-state index in [0.29, 0.717) is 14.7 Å². The number of esters is 1. The van der Waals surface area contributed by atoms with Crippen LogP contribution in [0.3, 0.4) is 0 Å². The lowest BCUT2D eigenvalue weighted by Crippen LogP contribution is -2.30. The molecule has 1 fully saturated rings. The molecule has 4 rings (SSSR count). The summed E-state index contributed by atoms with van der Waals surface area (Å²) in [6.07, 6.45) is -0.0133. The molecule has 3 aromatic rings. The van der Waals surface area contributed by atoms with E-state index < -0.39 is 24.2 Å². The second-order valence-electron chi connectivity index (χ2n) is 6.77.